The largest absolute Gasteiger partial charge is 0.339 e. The van der Waals surface area contributed by atoms with Gasteiger partial charge in [-0.3, -0.25) is 9.59 Å². The minimum absolute atomic E-state index is 0.0871. The van der Waals surface area contributed by atoms with Gasteiger partial charge in [0.15, 0.2) is 0 Å². The van der Waals surface area contributed by atoms with Crippen molar-refractivity contribution in [2.45, 2.75) is 19.8 Å². The van der Waals surface area contributed by atoms with Gasteiger partial charge in [-0.15, -0.1) is 0 Å². The molecular formula is C10H19N3O2. The highest BCUT2D eigenvalue weighted by molar-refractivity contribution is 5.77. The average molecular weight is 213 g/mol. The Hall–Kier alpha value is -1.10. The van der Waals surface area contributed by atoms with Gasteiger partial charge < -0.3 is 15.5 Å². The van der Waals surface area contributed by atoms with Crippen LogP contribution in [0.1, 0.15) is 19.8 Å². The maximum Gasteiger partial charge on any atom is 0.222 e. The Morgan fingerprint density at radius 3 is 2.13 bits per heavy atom. The third-order valence-electron chi connectivity index (χ3n) is 2.67. The summed E-state index contributed by atoms with van der Waals surface area (Å²) >= 11 is 0. The fraction of sp³-hybridized carbons (Fsp3) is 0.800. The summed E-state index contributed by atoms with van der Waals surface area (Å²) in [6, 6.07) is 0. The van der Waals surface area contributed by atoms with E-state index in [2.05, 4.69) is 0 Å². The van der Waals surface area contributed by atoms with Gasteiger partial charge in [0.05, 0.1) is 0 Å². The monoisotopic (exact) mass is 213 g/mol. The molecule has 0 bridgehead atoms. The second-order valence-corrected chi connectivity index (χ2v) is 3.78. The molecular weight excluding hydrogens is 194 g/mol. The predicted molar refractivity (Wildman–Crippen MR) is 57.1 cm³/mol. The molecule has 1 aliphatic heterocycles. The van der Waals surface area contributed by atoms with E-state index in [0.717, 1.165) is 6.42 Å². The molecule has 5 heteroatoms. The van der Waals surface area contributed by atoms with Crippen molar-refractivity contribution < 1.29 is 9.59 Å². The molecule has 1 rings (SSSR count). The minimum Gasteiger partial charge on any atom is -0.339 e. The Morgan fingerprint density at radius 1 is 1.13 bits per heavy atom. The van der Waals surface area contributed by atoms with Crippen LogP contribution < -0.4 is 5.73 Å². The lowest BCUT2D eigenvalue weighted by Crippen LogP contribution is -2.50. The van der Waals surface area contributed by atoms with Crippen molar-refractivity contribution in [3.8, 4) is 0 Å². The first-order valence-corrected chi connectivity index (χ1v) is 5.38. The van der Waals surface area contributed by atoms with Gasteiger partial charge in [-0.2, -0.15) is 0 Å². The highest BCUT2D eigenvalue weighted by Crippen LogP contribution is 2.04. The molecule has 1 heterocycles. The number of carbonyl (C=O) groups excluding carboxylic acids is 2. The fourth-order valence-electron chi connectivity index (χ4n) is 1.68. The summed E-state index contributed by atoms with van der Waals surface area (Å²) in [6.45, 7) is 4.74. The summed E-state index contributed by atoms with van der Waals surface area (Å²) in [6.07, 6.45) is 1.27. The molecule has 15 heavy (non-hydrogen) atoms. The normalized spacial score (nSPS) is 16.7. The van der Waals surface area contributed by atoms with Gasteiger partial charge in [0.1, 0.15) is 0 Å². The van der Waals surface area contributed by atoms with Crippen molar-refractivity contribution in [1.82, 2.24) is 9.80 Å². The molecule has 86 valence electrons. The van der Waals surface area contributed by atoms with Crippen LogP contribution in [0.15, 0.2) is 0 Å². The highest BCUT2D eigenvalue weighted by Gasteiger charge is 2.21. The number of rotatable bonds is 3. The van der Waals surface area contributed by atoms with Crippen molar-refractivity contribution in [2.24, 2.45) is 5.73 Å². The summed E-state index contributed by atoms with van der Waals surface area (Å²) in [4.78, 5) is 26.2. The Morgan fingerprint density at radius 2 is 1.67 bits per heavy atom. The summed E-state index contributed by atoms with van der Waals surface area (Å²) in [5.74, 6) is 0.243. The minimum atomic E-state index is 0.0871. The van der Waals surface area contributed by atoms with Crippen LogP contribution in [-0.2, 0) is 9.59 Å². The van der Waals surface area contributed by atoms with E-state index in [-0.39, 0.29) is 11.8 Å². The quantitative estimate of drug-likeness (QED) is 0.682. The summed E-state index contributed by atoms with van der Waals surface area (Å²) in [7, 11) is 0. The summed E-state index contributed by atoms with van der Waals surface area (Å²) in [5.41, 5.74) is 5.34. The lowest BCUT2D eigenvalue weighted by molar-refractivity contribution is -0.138. The molecule has 0 saturated carbocycles. The van der Waals surface area contributed by atoms with E-state index in [1.54, 1.807) is 11.8 Å². The molecule has 1 fully saturated rings. The summed E-state index contributed by atoms with van der Waals surface area (Å²) in [5, 5.41) is 0. The Bertz CT molecular complexity index is 235. The predicted octanol–water partition coefficient (Wildman–Crippen LogP) is -0.584. The molecule has 1 aliphatic rings. The van der Waals surface area contributed by atoms with Gasteiger partial charge in [-0.05, 0) is 13.0 Å². The summed E-state index contributed by atoms with van der Waals surface area (Å²) < 4.78 is 0. The standard InChI is InChI=1S/C10H19N3O2/c1-9(14)12-5-7-13(8-6-12)10(15)3-2-4-11/h2-8,11H2,1H3. The smallest absolute Gasteiger partial charge is 0.222 e. The second-order valence-electron chi connectivity index (χ2n) is 3.78. The lowest BCUT2D eigenvalue weighted by atomic mass is 10.2. The molecule has 0 aromatic carbocycles. The topological polar surface area (TPSA) is 66.6 Å². The van der Waals surface area contributed by atoms with Crippen LogP contribution in [0.5, 0.6) is 0 Å². The zero-order valence-corrected chi connectivity index (χ0v) is 9.24. The molecule has 0 unspecified atom stereocenters. The molecule has 0 radical (unpaired) electrons. The molecule has 0 aliphatic carbocycles. The van der Waals surface area contributed by atoms with Gasteiger partial charge in [0.25, 0.3) is 0 Å². The van der Waals surface area contributed by atoms with E-state index in [1.165, 1.54) is 0 Å². The van der Waals surface area contributed by atoms with Crippen molar-refractivity contribution in [1.29, 1.82) is 0 Å². The van der Waals surface area contributed by atoms with E-state index in [4.69, 9.17) is 5.73 Å². The molecule has 0 aromatic heterocycles. The number of piperazine rings is 1. The first-order chi connectivity index (χ1) is 7.15. The molecule has 0 atom stereocenters. The second kappa shape index (κ2) is 5.70. The van der Waals surface area contributed by atoms with Gasteiger partial charge >= 0.3 is 0 Å². The van der Waals surface area contributed by atoms with E-state index in [0.29, 0.717) is 39.1 Å². The van der Waals surface area contributed by atoms with E-state index in [9.17, 15) is 9.59 Å². The van der Waals surface area contributed by atoms with Gasteiger partial charge in [0, 0.05) is 39.5 Å². The Kier molecular flexibility index (Phi) is 4.55. The van der Waals surface area contributed by atoms with Crippen LogP contribution in [0.4, 0.5) is 0 Å². The number of carbonyl (C=O) groups is 2. The van der Waals surface area contributed by atoms with E-state index >= 15 is 0 Å². The third kappa shape index (κ3) is 3.51. The number of amides is 2. The van der Waals surface area contributed by atoms with Crippen molar-refractivity contribution in [3.05, 3.63) is 0 Å². The maximum absolute atomic E-state index is 11.6. The number of hydrogen-bond acceptors (Lipinski definition) is 3. The molecule has 2 N–H and O–H groups in total. The van der Waals surface area contributed by atoms with E-state index < -0.39 is 0 Å². The van der Waals surface area contributed by atoms with Crippen molar-refractivity contribution in [2.75, 3.05) is 32.7 Å². The van der Waals surface area contributed by atoms with Crippen LogP contribution in [0, 0.1) is 0 Å². The third-order valence-corrected chi connectivity index (χ3v) is 2.67. The van der Waals surface area contributed by atoms with Crippen molar-refractivity contribution >= 4 is 11.8 Å². The number of nitrogens with zero attached hydrogens (tertiary/aromatic N) is 2. The van der Waals surface area contributed by atoms with Crippen molar-refractivity contribution in [3.63, 3.8) is 0 Å². The van der Waals surface area contributed by atoms with Crippen LogP contribution in [-0.4, -0.2) is 54.3 Å². The van der Waals surface area contributed by atoms with Gasteiger partial charge in [0.2, 0.25) is 11.8 Å². The Balaban J connectivity index is 2.30. The zero-order chi connectivity index (χ0) is 11.3. The first kappa shape index (κ1) is 12.0. The first-order valence-electron chi connectivity index (χ1n) is 5.38. The molecule has 0 aromatic rings. The lowest BCUT2D eigenvalue weighted by Gasteiger charge is -2.34. The maximum atomic E-state index is 11.6. The average Bonchev–Trinajstić information content (AvgIpc) is 2.26. The SMILES string of the molecule is CC(=O)N1CCN(C(=O)CCCN)CC1. The van der Waals surface area contributed by atoms with Gasteiger partial charge in [-0.25, -0.2) is 0 Å². The van der Waals surface area contributed by atoms with Crippen LogP contribution in [0.25, 0.3) is 0 Å². The molecule has 5 nitrogen and oxygen atoms in total. The van der Waals surface area contributed by atoms with E-state index in [1.807, 2.05) is 4.90 Å². The van der Waals surface area contributed by atoms with Crippen LogP contribution in [0.2, 0.25) is 0 Å². The zero-order valence-electron chi connectivity index (χ0n) is 9.24. The molecule has 2 amide bonds. The number of hydrogen-bond donors (Lipinski definition) is 1. The van der Waals surface area contributed by atoms with Crippen LogP contribution in [0.3, 0.4) is 0 Å². The number of nitrogens with two attached hydrogens (primary N) is 1. The molecule has 0 spiro atoms. The highest BCUT2D eigenvalue weighted by atomic mass is 16.2. The Labute approximate surface area is 90.2 Å². The van der Waals surface area contributed by atoms with Crippen LogP contribution >= 0.6 is 0 Å². The molecule has 1 saturated heterocycles. The van der Waals surface area contributed by atoms with Gasteiger partial charge in [-0.1, -0.05) is 0 Å². The fourth-order valence-corrected chi connectivity index (χ4v) is 1.68.